The summed E-state index contributed by atoms with van der Waals surface area (Å²) in [6.07, 6.45) is 0.879. The van der Waals surface area contributed by atoms with E-state index in [-0.39, 0.29) is 24.3 Å². The Labute approximate surface area is 144 Å². The smallest absolute Gasteiger partial charge is 0.410 e. The Balaban J connectivity index is 1.53. The van der Waals surface area contributed by atoms with Gasteiger partial charge in [-0.2, -0.15) is 4.98 Å². The second-order valence-electron chi connectivity index (χ2n) is 6.25. The number of aromatic nitrogens is 2. The molecular formula is C17H18N4O4. The van der Waals surface area contributed by atoms with Gasteiger partial charge >= 0.3 is 6.09 Å². The van der Waals surface area contributed by atoms with Crippen molar-refractivity contribution < 1.29 is 18.8 Å². The van der Waals surface area contributed by atoms with Crippen LogP contribution in [0.1, 0.15) is 23.2 Å². The quantitative estimate of drug-likeness (QED) is 0.830. The molecule has 3 heterocycles. The Morgan fingerprint density at radius 3 is 2.68 bits per heavy atom. The lowest BCUT2D eigenvalue weighted by Crippen LogP contribution is -2.39. The predicted molar refractivity (Wildman–Crippen MR) is 85.7 cm³/mol. The maximum Gasteiger partial charge on any atom is 0.410 e. The largest absolute Gasteiger partial charge is 0.448 e. The number of carbonyl (C=O) groups excluding carboxylic acids is 2. The lowest BCUT2D eigenvalue weighted by molar-refractivity contribution is -0.130. The summed E-state index contributed by atoms with van der Waals surface area (Å²) in [5, 5.41) is 3.97. The van der Waals surface area contributed by atoms with E-state index in [4.69, 9.17) is 9.26 Å². The number of ether oxygens (including phenoxy) is 1. The van der Waals surface area contributed by atoms with Gasteiger partial charge in [0.25, 0.3) is 0 Å². The summed E-state index contributed by atoms with van der Waals surface area (Å²) in [5.74, 6) is 0.569. The normalized spacial score (nSPS) is 23.1. The number of hydrogen-bond donors (Lipinski definition) is 0. The minimum absolute atomic E-state index is 0.0318. The molecule has 0 N–H and O–H groups in total. The number of amides is 2. The second kappa shape index (κ2) is 6.54. The van der Waals surface area contributed by atoms with Crippen LogP contribution in [-0.2, 0) is 9.53 Å². The number of benzene rings is 1. The summed E-state index contributed by atoms with van der Waals surface area (Å²) in [6, 6.07) is 10.0. The van der Waals surface area contributed by atoms with E-state index in [1.165, 1.54) is 11.3 Å². The molecule has 8 heteroatoms. The first-order valence-corrected chi connectivity index (χ1v) is 8.23. The summed E-state index contributed by atoms with van der Waals surface area (Å²) < 4.78 is 9.78. The molecule has 0 aliphatic carbocycles. The number of nitrogens with zero attached hydrogens (tertiary/aromatic N) is 4. The zero-order valence-electron chi connectivity index (χ0n) is 13.6. The molecule has 2 saturated heterocycles. The van der Waals surface area contributed by atoms with E-state index in [0.717, 1.165) is 5.56 Å². The third kappa shape index (κ3) is 3.07. The molecule has 0 spiro atoms. The summed E-state index contributed by atoms with van der Waals surface area (Å²) in [4.78, 5) is 31.6. The van der Waals surface area contributed by atoms with Gasteiger partial charge in [-0.1, -0.05) is 35.5 Å². The fourth-order valence-electron chi connectivity index (χ4n) is 3.48. The molecule has 25 heavy (non-hydrogen) atoms. The summed E-state index contributed by atoms with van der Waals surface area (Å²) in [5.41, 5.74) is 1.13. The Hall–Kier alpha value is -2.90. The van der Waals surface area contributed by atoms with Gasteiger partial charge in [0, 0.05) is 24.9 Å². The summed E-state index contributed by atoms with van der Waals surface area (Å²) in [6.45, 7) is 1.89. The van der Waals surface area contributed by atoms with Crippen molar-refractivity contribution in [1.29, 1.82) is 0 Å². The molecule has 1 aromatic carbocycles. The van der Waals surface area contributed by atoms with E-state index in [1.807, 2.05) is 30.3 Å². The second-order valence-corrected chi connectivity index (χ2v) is 6.25. The Morgan fingerprint density at radius 2 is 2.00 bits per heavy atom. The van der Waals surface area contributed by atoms with Gasteiger partial charge in [0.1, 0.15) is 13.2 Å². The molecule has 2 aromatic rings. The van der Waals surface area contributed by atoms with Crippen LogP contribution >= 0.6 is 0 Å². The first-order chi connectivity index (χ1) is 12.2. The van der Waals surface area contributed by atoms with Crippen LogP contribution in [0.2, 0.25) is 0 Å². The van der Waals surface area contributed by atoms with Crippen molar-refractivity contribution in [3.63, 3.8) is 0 Å². The monoisotopic (exact) mass is 342 g/mol. The number of cyclic esters (lactones) is 1. The van der Waals surface area contributed by atoms with Gasteiger partial charge in [0.2, 0.25) is 12.3 Å². The topological polar surface area (TPSA) is 88.8 Å². The number of rotatable bonds is 4. The third-order valence-electron chi connectivity index (χ3n) is 4.78. The van der Waals surface area contributed by atoms with Crippen LogP contribution in [0.15, 0.2) is 41.2 Å². The maximum atomic E-state index is 12.7. The van der Waals surface area contributed by atoms with E-state index in [2.05, 4.69) is 10.1 Å². The lowest BCUT2D eigenvalue weighted by Gasteiger charge is -2.19. The van der Waals surface area contributed by atoms with Gasteiger partial charge in [0.05, 0.1) is 6.54 Å². The van der Waals surface area contributed by atoms with Crippen LogP contribution in [0.25, 0.3) is 0 Å². The van der Waals surface area contributed by atoms with Gasteiger partial charge in [-0.3, -0.25) is 9.69 Å². The van der Waals surface area contributed by atoms with Crippen molar-refractivity contribution in [1.82, 2.24) is 19.9 Å². The minimum atomic E-state index is -0.429. The summed E-state index contributed by atoms with van der Waals surface area (Å²) >= 11 is 0. The van der Waals surface area contributed by atoms with Crippen LogP contribution in [0, 0.1) is 0 Å². The summed E-state index contributed by atoms with van der Waals surface area (Å²) in [7, 11) is 0. The molecule has 2 atom stereocenters. The molecule has 1 aromatic heterocycles. The van der Waals surface area contributed by atoms with Crippen LogP contribution in [0.3, 0.4) is 0 Å². The molecule has 4 rings (SSSR count). The van der Waals surface area contributed by atoms with Crippen molar-refractivity contribution in [2.45, 2.75) is 11.8 Å². The highest BCUT2D eigenvalue weighted by atomic mass is 16.6. The van der Waals surface area contributed by atoms with Crippen molar-refractivity contribution in [3.05, 3.63) is 48.1 Å². The van der Waals surface area contributed by atoms with Crippen molar-refractivity contribution in [2.75, 3.05) is 32.8 Å². The maximum absolute atomic E-state index is 12.7. The highest BCUT2D eigenvalue weighted by Crippen LogP contribution is 2.38. The average Bonchev–Trinajstić information content (AvgIpc) is 3.36. The molecule has 2 aliphatic heterocycles. The standard InChI is InChI=1S/C17H18N4O4/c22-15(10-20-6-7-24-17(20)23)21-8-13(12-4-2-1-3-5-12)14(9-21)16-18-11-25-19-16/h1-5,11,13-14H,6-10H2/t13-,14-/m1/s1. The highest BCUT2D eigenvalue weighted by Gasteiger charge is 2.40. The zero-order valence-corrected chi connectivity index (χ0v) is 13.6. The van der Waals surface area contributed by atoms with Gasteiger partial charge in [-0.15, -0.1) is 0 Å². The van der Waals surface area contributed by atoms with Crippen molar-refractivity contribution in [2.24, 2.45) is 0 Å². The first kappa shape index (κ1) is 15.6. The fraction of sp³-hybridized carbons (Fsp3) is 0.412. The van der Waals surface area contributed by atoms with E-state index in [9.17, 15) is 9.59 Å². The zero-order chi connectivity index (χ0) is 17.2. The minimum Gasteiger partial charge on any atom is -0.448 e. The molecule has 2 aliphatic rings. The van der Waals surface area contributed by atoms with Gasteiger partial charge < -0.3 is 14.2 Å². The number of likely N-dealkylation sites (tertiary alicyclic amines) is 1. The molecule has 0 radical (unpaired) electrons. The number of carbonyl (C=O) groups is 2. The molecule has 8 nitrogen and oxygen atoms in total. The molecule has 130 valence electrons. The first-order valence-electron chi connectivity index (χ1n) is 8.23. The van der Waals surface area contributed by atoms with E-state index < -0.39 is 6.09 Å². The van der Waals surface area contributed by atoms with Crippen LogP contribution < -0.4 is 0 Å². The van der Waals surface area contributed by atoms with E-state index in [0.29, 0.717) is 32.1 Å². The molecular weight excluding hydrogens is 324 g/mol. The van der Waals surface area contributed by atoms with Crippen LogP contribution in [0.5, 0.6) is 0 Å². The van der Waals surface area contributed by atoms with Crippen molar-refractivity contribution >= 4 is 12.0 Å². The van der Waals surface area contributed by atoms with E-state index in [1.54, 1.807) is 4.90 Å². The molecule has 0 bridgehead atoms. The van der Waals surface area contributed by atoms with Gasteiger partial charge in [0.15, 0.2) is 5.82 Å². The Morgan fingerprint density at radius 1 is 1.20 bits per heavy atom. The lowest BCUT2D eigenvalue weighted by atomic mass is 9.88. The fourth-order valence-corrected chi connectivity index (χ4v) is 3.48. The third-order valence-corrected chi connectivity index (χ3v) is 4.78. The Kier molecular flexibility index (Phi) is 4.09. The SMILES string of the molecule is O=C(CN1CCOC1=O)N1C[C@H](c2ccccc2)[C@H](c2ncon2)C1. The van der Waals surface area contributed by atoms with Crippen LogP contribution in [-0.4, -0.2) is 64.7 Å². The molecule has 0 saturated carbocycles. The van der Waals surface area contributed by atoms with Crippen LogP contribution in [0.4, 0.5) is 4.79 Å². The Bertz CT molecular complexity index is 749. The molecule has 2 fully saturated rings. The molecule has 0 unspecified atom stereocenters. The van der Waals surface area contributed by atoms with Crippen molar-refractivity contribution in [3.8, 4) is 0 Å². The molecule has 2 amide bonds. The average molecular weight is 342 g/mol. The van der Waals surface area contributed by atoms with E-state index >= 15 is 0 Å². The van der Waals surface area contributed by atoms with Gasteiger partial charge in [-0.25, -0.2) is 4.79 Å². The van der Waals surface area contributed by atoms with Gasteiger partial charge in [-0.05, 0) is 5.56 Å². The predicted octanol–water partition coefficient (Wildman–Crippen LogP) is 1.23. The highest BCUT2D eigenvalue weighted by molar-refractivity contribution is 5.83. The number of hydrogen-bond acceptors (Lipinski definition) is 6.